The molecule has 19 heavy (non-hydrogen) atoms. The monoisotopic (exact) mass is 402 g/mol. The molecule has 0 saturated heterocycles. The van der Waals surface area contributed by atoms with Gasteiger partial charge in [0.05, 0.1) is 11.9 Å². The Morgan fingerprint density at radius 2 is 1.89 bits per heavy atom. The quantitative estimate of drug-likeness (QED) is 0.579. The molecule has 2 aromatic rings. The van der Waals surface area contributed by atoms with E-state index in [9.17, 15) is 0 Å². The van der Waals surface area contributed by atoms with Gasteiger partial charge in [0.25, 0.3) is 0 Å². The van der Waals surface area contributed by atoms with Crippen molar-refractivity contribution >= 4 is 43.5 Å². The molecule has 0 N–H and O–H groups in total. The Kier molecular flexibility index (Phi) is 4.93. The third-order valence-electron chi connectivity index (χ3n) is 2.96. The Labute approximate surface area is 135 Å². The molecule has 4 heteroatoms. The lowest BCUT2D eigenvalue weighted by Gasteiger charge is -2.14. The van der Waals surface area contributed by atoms with Crippen LogP contribution in [0.2, 0.25) is 5.02 Å². The van der Waals surface area contributed by atoms with Crippen molar-refractivity contribution in [1.82, 2.24) is 0 Å². The van der Waals surface area contributed by atoms with Gasteiger partial charge in [-0.25, -0.2) is 0 Å². The molecule has 1 atom stereocenters. The minimum Gasteiger partial charge on any atom is -0.497 e. The fourth-order valence-electron chi connectivity index (χ4n) is 1.85. The van der Waals surface area contributed by atoms with E-state index in [1.807, 2.05) is 37.3 Å². The molecule has 0 fully saturated rings. The molecule has 100 valence electrons. The van der Waals surface area contributed by atoms with Crippen LogP contribution in [0.15, 0.2) is 40.9 Å². The highest BCUT2D eigenvalue weighted by molar-refractivity contribution is 9.11. The van der Waals surface area contributed by atoms with Crippen molar-refractivity contribution in [2.24, 2.45) is 0 Å². The minimum atomic E-state index is 0.115. The number of alkyl halides is 1. The fourth-order valence-corrected chi connectivity index (χ4v) is 3.54. The minimum absolute atomic E-state index is 0.115. The van der Waals surface area contributed by atoms with Crippen LogP contribution in [0.1, 0.15) is 21.5 Å². The average Bonchev–Trinajstić information content (AvgIpc) is 2.41. The van der Waals surface area contributed by atoms with Crippen LogP contribution in [0.25, 0.3) is 0 Å². The summed E-state index contributed by atoms with van der Waals surface area (Å²) in [6.45, 7) is 2.01. The van der Waals surface area contributed by atoms with Crippen molar-refractivity contribution in [3.8, 4) is 5.75 Å². The summed E-state index contributed by atoms with van der Waals surface area (Å²) < 4.78 is 6.22. The maximum absolute atomic E-state index is 6.06. The van der Waals surface area contributed by atoms with Gasteiger partial charge in [0.2, 0.25) is 0 Å². The third-order valence-corrected chi connectivity index (χ3v) is 5.09. The van der Waals surface area contributed by atoms with Crippen LogP contribution in [0.5, 0.6) is 5.75 Å². The van der Waals surface area contributed by atoms with E-state index < -0.39 is 0 Å². The molecular weight excluding hydrogens is 391 g/mol. The number of benzene rings is 2. The molecule has 1 nitrogen and oxygen atoms in total. The lowest BCUT2D eigenvalue weighted by atomic mass is 10.0. The molecule has 0 saturated carbocycles. The van der Waals surface area contributed by atoms with E-state index in [-0.39, 0.29) is 4.83 Å². The molecule has 0 aliphatic carbocycles. The number of halogens is 3. The number of rotatable bonds is 3. The first kappa shape index (κ1) is 14.9. The number of aryl methyl sites for hydroxylation is 1. The van der Waals surface area contributed by atoms with Gasteiger partial charge in [0, 0.05) is 9.50 Å². The largest absolute Gasteiger partial charge is 0.497 e. The second-order valence-corrected chi connectivity index (χ2v) is 6.44. The lowest BCUT2D eigenvalue weighted by molar-refractivity contribution is 0.414. The Hall–Kier alpha value is -0.510. The Morgan fingerprint density at radius 1 is 1.16 bits per heavy atom. The van der Waals surface area contributed by atoms with E-state index in [1.165, 1.54) is 5.56 Å². The van der Waals surface area contributed by atoms with Gasteiger partial charge in [-0.1, -0.05) is 61.7 Å². The summed E-state index contributed by atoms with van der Waals surface area (Å²) in [5, 5.41) is 0.789. The highest BCUT2D eigenvalue weighted by Gasteiger charge is 2.14. The molecule has 0 aliphatic heterocycles. The highest BCUT2D eigenvalue weighted by Crippen LogP contribution is 2.37. The van der Waals surface area contributed by atoms with Gasteiger partial charge < -0.3 is 4.74 Å². The zero-order valence-electron chi connectivity index (χ0n) is 10.6. The number of ether oxygens (including phenoxy) is 1. The van der Waals surface area contributed by atoms with Crippen molar-refractivity contribution in [2.45, 2.75) is 11.8 Å². The first-order valence-corrected chi connectivity index (χ1v) is 7.85. The zero-order chi connectivity index (χ0) is 14.0. The van der Waals surface area contributed by atoms with E-state index >= 15 is 0 Å². The molecule has 0 bridgehead atoms. The average molecular weight is 405 g/mol. The topological polar surface area (TPSA) is 9.23 Å². The van der Waals surface area contributed by atoms with Crippen LogP contribution in [-0.4, -0.2) is 7.11 Å². The molecule has 2 aromatic carbocycles. The van der Waals surface area contributed by atoms with E-state index in [0.717, 1.165) is 26.4 Å². The van der Waals surface area contributed by atoms with Crippen LogP contribution < -0.4 is 4.74 Å². The number of hydrogen-bond donors (Lipinski definition) is 0. The maximum Gasteiger partial charge on any atom is 0.120 e. The van der Waals surface area contributed by atoms with Gasteiger partial charge in [0.15, 0.2) is 0 Å². The fraction of sp³-hybridized carbons (Fsp3) is 0.200. The smallest absolute Gasteiger partial charge is 0.120 e. The molecule has 1 unspecified atom stereocenters. The van der Waals surface area contributed by atoms with Gasteiger partial charge >= 0.3 is 0 Å². The van der Waals surface area contributed by atoms with Crippen molar-refractivity contribution in [3.63, 3.8) is 0 Å². The Balaban J connectivity index is 2.38. The first-order chi connectivity index (χ1) is 9.02. The molecule has 0 spiro atoms. The van der Waals surface area contributed by atoms with Gasteiger partial charge in [-0.15, -0.1) is 0 Å². The first-order valence-electron chi connectivity index (χ1n) is 5.76. The van der Waals surface area contributed by atoms with Crippen LogP contribution in [0, 0.1) is 6.92 Å². The summed E-state index contributed by atoms with van der Waals surface area (Å²) in [5.41, 5.74) is 3.41. The summed E-state index contributed by atoms with van der Waals surface area (Å²) in [5.74, 6) is 0.836. The Bertz CT molecular complexity index is 599. The van der Waals surface area contributed by atoms with Crippen LogP contribution in [0.4, 0.5) is 0 Å². The Morgan fingerprint density at radius 3 is 2.47 bits per heavy atom. The molecule has 0 heterocycles. The van der Waals surface area contributed by atoms with Gasteiger partial charge in [0.1, 0.15) is 5.75 Å². The van der Waals surface area contributed by atoms with Gasteiger partial charge in [-0.3, -0.25) is 0 Å². The van der Waals surface area contributed by atoms with E-state index in [1.54, 1.807) is 7.11 Å². The standard InChI is InChI=1S/C15H13Br2ClO/c1-9-7-10(3-6-14(9)18)15(17)12-5-4-11(19-2)8-13(12)16/h3-8,15H,1-2H3. The van der Waals surface area contributed by atoms with Crippen LogP contribution >= 0.6 is 43.5 Å². The molecule has 0 aromatic heterocycles. The van der Waals surface area contributed by atoms with E-state index in [4.69, 9.17) is 16.3 Å². The summed E-state index contributed by atoms with van der Waals surface area (Å²) in [6.07, 6.45) is 0. The zero-order valence-corrected chi connectivity index (χ0v) is 14.5. The number of methoxy groups -OCH3 is 1. The molecule has 0 radical (unpaired) electrons. The molecule has 2 rings (SSSR count). The SMILES string of the molecule is COc1ccc(C(Br)c2ccc(Cl)c(C)c2)c(Br)c1. The van der Waals surface area contributed by atoms with Crippen molar-refractivity contribution < 1.29 is 4.74 Å². The highest BCUT2D eigenvalue weighted by atomic mass is 79.9. The summed E-state index contributed by atoms with van der Waals surface area (Å²) >= 11 is 13.4. The predicted molar refractivity (Wildman–Crippen MR) is 87.7 cm³/mol. The summed E-state index contributed by atoms with van der Waals surface area (Å²) in [7, 11) is 1.66. The normalized spacial score (nSPS) is 12.3. The second-order valence-electron chi connectivity index (χ2n) is 4.26. The molecule has 0 amide bonds. The second kappa shape index (κ2) is 6.29. The molecule has 0 aliphatic rings. The van der Waals surface area contributed by atoms with Crippen molar-refractivity contribution in [1.29, 1.82) is 0 Å². The number of hydrogen-bond acceptors (Lipinski definition) is 1. The van der Waals surface area contributed by atoms with E-state index in [0.29, 0.717) is 0 Å². The summed E-state index contributed by atoms with van der Waals surface area (Å²) in [4.78, 5) is 0.115. The van der Waals surface area contributed by atoms with Crippen molar-refractivity contribution in [2.75, 3.05) is 7.11 Å². The van der Waals surface area contributed by atoms with Gasteiger partial charge in [-0.2, -0.15) is 0 Å². The van der Waals surface area contributed by atoms with Crippen LogP contribution in [0.3, 0.4) is 0 Å². The lowest BCUT2D eigenvalue weighted by Crippen LogP contribution is -1.95. The summed E-state index contributed by atoms with van der Waals surface area (Å²) in [6, 6.07) is 12.0. The van der Waals surface area contributed by atoms with E-state index in [2.05, 4.69) is 37.9 Å². The molecular formula is C15H13Br2ClO. The predicted octanol–water partition coefficient (Wildman–Crippen LogP) is 5.90. The third kappa shape index (κ3) is 3.33. The maximum atomic E-state index is 6.06. The van der Waals surface area contributed by atoms with Crippen molar-refractivity contribution in [3.05, 3.63) is 62.6 Å². The van der Waals surface area contributed by atoms with Gasteiger partial charge in [-0.05, 0) is 41.8 Å². The van der Waals surface area contributed by atoms with Crippen LogP contribution in [-0.2, 0) is 0 Å².